The van der Waals surface area contributed by atoms with Crippen molar-refractivity contribution in [2.45, 2.75) is 44.6 Å². The predicted octanol–water partition coefficient (Wildman–Crippen LogP) is 3.99. The number of hydrogen-bond donors (Lipinski definition) is 1. The summed E-state index contributed by atoms with van der Waals surface area (Å²) in [6.45, 7) is 5.93. The molecule has 0 fully saturated rings. The monoisotopic (exact) mass is 317 g/mol. The summed E-state index contributed by atoms with van der Waals surface area (Å²) < 4.78 is 27.9. The molecule has 1 unspecified atom stereocenters. The Morgan fingerprint density at radius 2 is 1.64 bits per heavy atom. The zero-order chi connectivity index (χ0) is 16.2. The Hall–Kier alpha value is -1.65. The van der Waals surface area contributed by atoms with Crippen LogP contribution in [0.3, 0.4) is 0 Å². The van der Waals surface area contributed by atoms with E-state index in [4.69, 9.17) is 0 Å². The molecule has 4 heteroatoms. The van der Waals surface area contributed by atoms with Gasteiger partial charge in [-0.1, -0.05) is 56.3 Å². The molecule has 0 aliphatic heterocycles. The van der Waals surface area contributed by atoms with Gasteiger partial charge in [0.1, 0.15) is 0 Å². The molecule has 1 N–H and O–H groups in total. The first-order valence-electron chi connectivity index (χ1n) is 7.68. The molecule has 2 aromatic rings. The topological polar surface area (TPSA) is 46.2 Å². The molecule has 0 aliphatic rings. The van der Waals surface area contributed by atoms with Crippen LogP contribution in [0.1, 0.15) is 32.8 Å². The van der Waals surface area contributed by atoms with Crippen molar-refractivity contribution in [3.05, 3.63) is 54.1 Å². The van der Waals surface area contributed by atoms with Crippen LogP contribution >= 0.6 is 0 Å². The van der Waals surface area contributed by atoms with Gasteiger partial charge in [-0.3, -0.25) is 0 Å². The van der Waals surface area contributed by atoms with E-state index in [1.54, 1.807) is 12.1 Å². The molecule has 0 bridgehead atoms. The van der Waals surface area contributed by atoms with E-state index in [0.717, 1.165) is 24.0 Å². The fourth-order valence-electron chi connectivity index (χ4n) is 2.27. The van der Waals surface area contributed by atoms with Crippen molar-refractivity contribution in [3.63, 3.8) is 0 Å². The highest BCUT2D eigenvalue weighted by Gasteiger charge is 2.20. The summed E-state index contributed by atoms with van der Waals surface area (Å²) in [4.78, 5) is 0.333. The van der Waals surface area contributed by atoms with Crippen molar-refractivity contribution < 1.29 is 8.42 Å². The number of hydrogen-bond acceptors (Lipinski definition) is 2. The Labute approximate surface area is 133 Å². The third-order valence-electron chi connectivity index (χ3n) is 3.82. The summed E-state index contributed by atoms with van der Waals surface area (Å²) >= 11 is 0. The summed E-state index contributed by atoms with van der Waals surface area (Å²) in [6, 6.07) is 15.1. The Bertz CT molecular complexity index is 721. The van der Waals surface area contributed by atoms with E-state index >= 15 is 0 Å². The fraction of sp³-hybridized carbons (Fsp3) is 0.333. The average molecular weight is 317 g/mol. The van der Waals surface area contributed by atoms with Crippen molar-refractivity contribution in [2.24, 2.45) is 0 Å². The van der Waals surface area contributed by atoms with E-state index in [0.29, 0.717) is 4.90 Å². The molecule has 0 aliphatic carbocycles. The van der Waals surface area contributed by atoms with Crippen molar-refractivity contribution in [1.29, 1.82) is 0 Å². The SMILES string of the molecule is CCc1ccc(-c2ccccc2S(=O)(=O)NC(C)CC)cc1. The van der Waals surface area contributed by atoms with Gasteiger partial charge in [-0.05, 0) is 37.0 Å². The normalized spacial score (nSPS) is 13.0. The molecule has 0 saturated carbocycles. The zero-order valence-corrected chi connectivity index (χ0v) is 14.2. The Morgan fingerprint density at radius 3 is 2.23 bits per heavy atom. The minimum Gasteiger partial charge on any atom is -0.208 e. The number of nitrogens with one attached hydrogen (secondary N) is 1. The molecular formula is C18H23NO2S. The van der Waals surface area contributed by atoms with Crippen molar-refractivity contribution in [2.75, 3.05) is 0 Å². The van der Waals surface area contributed by atoms with Gasteiger partial charge in [0.05, 0.1) is 4.90 Å². The van der Waals surface area contributed by atoms with Crippen LogP contribution < -0.4 is 4.72 Å². The lowest BCUT2D eigenvalue weighted by atomic mass is 10.0. The lowest BCUT2D eigenvalue weighted by Crippen LogP contribution is -2.32. The first kappa shape index (κ1) is 16.7. The van der Waals surface area contributed by atoms with Gasteiger partial charge in [0.2, 0.25) is 10.0 Å². The summed E-state index contributed by atoms with van der Waals surface area (Å²) in [6.07, 6.45) is 1.72. The summed E-state index contributed by atoms with van der Waals surface area (Å²) in [5, 5.41) is 0. The Balaban J connectivity index is 2.46. The van der Waals surface area contributed by atoms with Crippen LogP contribution in [0.15, 0.2) is 53.4 Å². The highest BCUT2D eigenvalue weighted by molar-refractivity contribution is 7.89. The third-order valence-corrected chi connectivity index (χ3v) is 5.47. The minimum absolute atomic E-state index is 0.0828. The molecule has 0 aromatic heterocycles. The highest BCUT2D eigenvalue weighted by atomic mass is 32.2. The molecule has 0 spiro atoms. The fourth-order valence-corrected chi connectivity index (χ4v) is 3.83. The molecule has 3 nitrogen and oxygen atoms in total. The van der Waals surface area contributed by atoms with E-state index < -0.39 is 10.0 Å². The molecule has 2 rings (SSSR count). The lowest BCUT2D eigenvalue weighted by Gasteiger charge is -2.15. The molecule has 22 heavy (non-hydrogen) atoms. The van der Waals surface area contributed by atoms with Crippen LogP contribution in [0.5, 0.6) is 0 Å². The third kappa shape index (κ3) is 3.76. The van der Waals surface area contributed by atoms with E-state index in [9.17, 15) is 8.42 Å². The van der Waals surface area contributed by atoms with Gasteiger partial charge in [-0.15, -0.1) is 0 Å². The molecule has 0 amide bonds. The smallest absolute Gasteiger partial charge is 0.208 e. The number of aryl methyl sites for hydroxylation is 1. The van der Waals surface area contributed by atoms with Gasteiger partial charge in [0.15, 0.2) is 0 Å². The molecule has 0 radical (unpaired) electrons. The molecule has 118 valence electrons. The van der Waals surface area contributed by atoms with E-state index in [1.165, 1.54) is 5.56 Å². The van der Waals surface area contributed by atoms with Crippen LogP contribution in [0, 0.1) is 0 Å². The first-order valence-corrected chi connectivity index (χ1v) is 9.17. The van der Waals surface area contributed by atoms with Crippen LogP contribution in [0.25, 0.3) is 11.1 Å². The largest absolute Gasteiger partial charge is 0.241 e. The van der Waals surface area contributed by atoms with Crippen molar-refractivity contribution in [3.8, 4) is 11.1 Å². The molecule has 2 aromatic carbocycles. The maximum atomic E-state index is 12.6. The minimum atomic E-state index is -3.52. The average Bonchev–Trinajstić information content (AvgIpc) is 2.54. The van der Waals surface area contributed by atoms with Gasteiger partial charge in [-0.25, -0.2) is 13.1 Å². The quantitative estimate of drug-likeness (QED) is 0.875. The molecule has 1 atom stereocenters. The Morgan fingerprint density at radius 1 is 1.00 bits per heavy atom. The van der Waals surface area contributed by atoms with Crippen LogP contribution in [0.4, 0.5) is 0 Å². The second-order valence-electron chi connectivity index (χ2n) is 5.48. The van der Waals surface area contributed by atoms with Crippen LogP contribution in [-0.2, 0) is 16.4 Å². The van der Waals surface area contributed by atoms with Crippen LogP contribution in [0.2, 0.25) is 0 Å². The number of benzene rings is 2. The number of rotatable bonds is 6. The maximum absolute atomic E-state index is 12.6. The molecule has 0 saturated heterocycles. The summed E-state index contributed by atoms with van der Waals surface area (Å²) in [7, 11) is -3.52. The molecule has 0 heterocycles. The zero-order valence-electron chi connectivity index (χ0n) is 13.3. The summed E-state index contributed by atoms with van der Waals surface area (Å²) in [5.41, 5.74) is 2.89. The standard InChI is InChI=1S/C18H23NO2S/c1-4-14(3)19-22(20,21)18-9-7-6-8-17(18)16-12-10-15(5-2)11-13-16/h6-14,19H,4-5H2,1-3H3. The predicted molar refractivity (Wildman–Crippen MR) is 91.3 cm³/mol. The second-order valence-corrected chi connectivity index (χ2v) is 7.16. The van der Waals surface area contributed by atoms with Gasteiger partial charge in [0, 0.05) is 11.6 Å². The van der Waals surface area contributed by atoms with Crippen molar-refractivity contribution >= 4 is 10.0 Å². The highest BCUT2D eigenvalue weighted by Crippen LogP contribution is 2.27. The van der Waals surface area contributed by atoms with E-state index in [-0.39, 0.29) is 6.04 Å². The number of sulfonamides is 1. The molecular weight excluding hydrogens is 294 g/mol. The van der Waals surface area contributed by atoms with Gasteiger partial charge in [-0.2, -0.15) is 0 Å². The van der Waals surface area contributed by atoms with E-state index in [2.05, 4.69) is 11.6 Å². The lowest BCUT2D eigenvalue weighted by molar-refractivity contribution is 0.556. The summed E-state index contributed by atoms with van der Waals surface area (Å²) in [5.74, 6) is 0. The van der Waals surface area contributed by atoms with Gasteiger partial charge < -0.3 is 0 Å². The maximum Gasteiger partial charge on any atom is 0.241 e. The second kappa shape index (κ2) is 7.07. The van der Waals surface area contributed by atoms with Gasteiger partial charge >= 0.3 is 0 Å². The van der Waals surface area contributed by atoms with Crippen molar-refractivity contribution in [1.82, 2.24) is 4.72 Å². The van der Waals surface area contributed by atoms with E-state index in [1.807, 2.05) is 50.2 Å². The Kier molecular flexibility index (Phi) is 5.37. The van der Waals surface area contributed by atoms with Gasteiger partial charge in [0.25, 0.3) is 0 Å². The first-order chi connectivity index (χ1) is 10.5. The van der Waals surface area contributed by atoms with Crippen LogP contribution in [-0.4, -0.2) is 14.5 Å².